The maximum atomic E-state index is 13.1. The van der Waals surface area contributed by atoms with E-state index in [0.717, 1.165) is 47.4 Å². The first-order chi connectivity index (χ1) is 18.2. The lowest BCUT2D eigenvalue weighted by Gasteiger charge is -2.37. The third-order valence-corrected chi connectivity index (χ3v) is 10.7. The van der Waals surface area contributed by atoms with Crippen molar-refractivity contribution < 1.29 is 22.8 Å². The molecule has 0 spiro atoms. The van der Waals surface area contributed by atoms with E-state index in [0.29, 0.717) is 57.1 Å². The molecule has 1 atom stereocenters. The molecule has 1 aromatic carbocycles. The number of hydrogen-bond donors (Lipinski definition) is 1. The maximum absolute atomic E-state index is 13.1. The first kappa shape index (κ1) is 27.3. The number of nitrogens with zero attached hydrogens (tertiary/aromatic N) is 4. The smallest absolute Gasteiger partial charge is 0.250 e. The molecule has 1 N–H and O–H groups in total. The Morgan fingerprint density at radius 1 is 0.921 bits per heavy atom. The molecule has 5 rings (SSSR count). The van der Waals surface area contributed by atoms with Crippen LogP contribution in [0, 0.1) is 0 Å². The van der Waals surface area contributed by atoms with Crippen LogP contribution in [0.25, 0.3) is 10.1 Å². The second-order valence-corrected chi connectivity index (χ2v) is 13.5. The molecule has 206 valence electrons. The van der Waals surface area contributed by atoms with E-state index in [9.17, 15) is 22.8 Å². The van der Waals surface area contributed by atoms with E-state index >= 15 is 0 Å². The van der Waals surface area contributed by atoms with Gasteiger partial charge in [-0.25, -0.2) is 8.42 Å². The van der Waals surface area contributed by atoms with E-state index < -0.39 is 16.1 Å². The molecule has 1 aromatic heterocycles. The van der Waals surface area contributed by atoms with Gasteiger partial charge < -0.3 is 14.7 Å². The van der Waals surface area contributed by atoms with Gasteiger partial charge in [0.15, 0.2) is 0 Å². The lowest BCUT2D eigenvalue weighted by Crippen LogP contribution is -2.56. The van der Waals surface area contributed by atoms with Gasteiger partial charge in [0.25, 0.3) is 10.0 Å². The van der Waals surface area contributed by atoms with Gasteiger partial charge >= 0.3 is 0 Å². The van der Waals surface area contributed by atoms with E-state index in [4.69, 9.17) is 11.6 Å². The fourth-order valence-corrected chi connectivity index (χ4v) is 8.16. The average Bonchev–Trinajstić information content (AvgIpc) is 3.57. The molecule has 3 amide bonds. The fourth-order valence-electron chi connectivity index (χ4n) is 5.24. The van der Waals surface area contributed by atoms with Gasteiger partial charge in [-0.3, -0.25) is 19.3 Å². The standard InChI is InChI=1S/C25H32ClN5O5S2/c26-19-6-5-18-14-24(37-21(18)15-19)38(35,36)27-20-4-3-9-31(25(20)34)17-23(33)30-12-10-28(11-13-30)16-22(32)29-7-1-2-8-29/h5-6,14-15,20,27H,1-4,7-13,16-17H2. The highest BCUT2D eigenvalue weighted by Crippen LogP contribution is 2.31. The lowest BCUT2D eigenvalue weighted by molar-refractivity contribution is -0.144. The molecule has 3 fully saturated rings. The van der Waals surface area contributed by atoms with Crippen molar-refractivity contribution in [2.75, 3.05) is 58.9 Å². The summed E-state index contributed by atoms with van der Waals surface area (Å²) in [6, 6.07) is 5.84. The van der Waals surface area contributed by atoms with Crippen LogP contribution in [0.2, 0.25) is 5.02 Å². The van der Waals surface area contributed by atoms with E-state index in [1.165, 1.54) is 4.90 Å². The van der Waals surface area contributed by atoms with E-state index in [1.807, 2.05) is 4.90 Å². The number of piperazine rings is 1. The summed E-state index contributed by atoms with van der Waals surface area (Å²) in [5, 5.41) is 1.29. The highest BCUT2D eigenvalue weighted by atomic mass is 35.5. The topological polar surface area (TPSA) is 110 Å². The molecular formula is C25H32ClN5O5S2. The Balaban J connectivity index is 1.13. The van der Waals surface area contributed by atoms with Crippen LogP contribution < -0.4 is 4.72 Å². The predicted octanol–water partition coefficient (Wildman–Crippen LogP) is 1.59. The van der Waals surface area contributed by atoms with Crippen LogP contribution in [0.4, 0.5) is 0 Å². The normalized spacial score (nSPS) is 21.4. The molecule has 13 heteroatoms. The van der Waals surface area contributed by atoms with Crippen LogP contribution >= 0.6 is 22.9 Å². The Morgan fingerprint density at radius 3 is 2.34 bits per heavy atom. The Bertz CT molecular complexity index is 1320. The van der Waals surface area contributed by atoms with Gasteiger partial charge in [0.2, 0.25) is 17.7 Å². The van der Waals surface area contributed by atoms with Gasteiger partial charge in [0, 0.05) is 55.5 Å². The second kappa shape index (κ2) is 11.5. The van der Waals surface area contributed by atoms with E-state index in [-0.39, 0.29) is 28.5 Å². The summed E-state index contributed by atoms with van der Waals surface area (Å²) < 4.78 is 29.5. The Kier molecular flexibility index (Phi) is 8.25. The van der Waals surface area contributed by atoms with Gasteiger partial charge in [0.05, 0.1) is 13.1 Å². The molecule has 0 radical (unpaired) electrons. The van der Waals surface area contributed by atoms with Crippen molar-refractivity contribution >= 4 is 60.8 Å². The Morgan fingerprint density at radius 2 is 1.61 bits per heavy atom. The molecule has 4 heterocycles. The van der Waals surface area contributed by atoms with E-state index in [1.54, 1.807) is 29.2 Å². The first-order valence-electron chi connectivity index (χ1n) is 13.0. The molecule has 3 saturated heterocycles. The Labute approximate surface area is 231 Å². The van der Waals surface area contributed by atoms with Crippen LogP contribution in [0.1, 0.15) is 25.7 Å². The summed E-state index contributed by atoms with van der Waals surface area (Å²) in [6.07, 6.45) is 3.10. The largest absolute Gasteiger partial charge is 0.342 e. The van der Waals surface area contributed by atoms with Crippen LogP contribution in [-0.4, -0.2) is 111 Å². The summed E-state index contributed by atoms with van der Waals surface area (Å²) in [4.78, 5) is 45.7. The van der Waals surface area contributed by atoms with Crippen molar-refractivity contribution in [3.8, 4) is 0 Å². The Hall–Kier alpha value is -2.25. The molecule has 0 bridgehead atoms. The van der Waals surface area contributed by atoms with Crippen LogP contribution in [0.5, 0.6) is 0 Å². The monoisotopic (exact) mass is 581 g/mol. The molecule has 3 aliphatic heterocycles. The number of benzene rings is 1. The minimum absolute atomic E-state index is 0.0782. The van der Waals surface area contributed by atoms with Crippen molar-refractivity contribution in [1.29, 1.82) is 0 Å². The predicted molar refractivity (Wildman–Crippen MR) is 146 cm³/mol. The van der Waals surface area contributed by atoms with Crippen molar-refractivity contribution in [3.63, 3.8) is 0 Å². The molecule has 0 saturated carbocycles. The van der Waals surface area contributed by atoms with Crippen LogP contribution in [0.15, 0.2) is 28.5 Å². The van der Waals surface area contributed by atoms with Gasteiger partial charge in [-0.05, 0) is 49.3 Å². The number of piperidine rings is 1. The highest BCUT2D eigenvalue weighted by Gasteiger charge is 2.35. The van der Waals surface area contributed by atoms with Gasteiger partial charge in [-0.2, -0.15) is 4.72 Å². The number of hydrogen-bond acceptors (Lipinski definition) is 7. The number of nitrogens with one attached hydrogen (secondary N) is 1. The number of likely N-dealkylation sites (tertiary alicyclic amines) is 2. The molecule has 38 heavy (non-hydrogen) atoms. The summed E-state index contributed by atoms with van der Waals surface area (Å²) >= 11 is 7.13. The zero-order valence-electron chi connectivity index (χ0n) is 21.1. The number of halogens is 1. The fraction of sp³-hybridized carbons (Fsp3) is 0.560. The summed E-state index contributed by atoms with van der Waals surface area (Å²) in [6.45, 7) is 4.60. The third kappa shape index (κ3) is 6.15. The van der Waals surface area contributed by atoms with Gasteiger partial charge in [0.1, 0.15) is 10.3 Å². The SMILES string of the molecule is O=C(CN1CCN(C(=O)CN2CCCC(NS(=O)(=O)c3cc4ccc(Cl)cc4s3)C2=O)CC1)N1CCCC1. The third-order valence-electron chi connectivity index (χ3n) is 7.42. The number of thiophene rings is 1. The van der Waals surface area contributed by atoms with Crippen LogP contribution in [-0.2, 0) is 24.4 Å². The zero-order chi connectivity index (χ0) is 26.9. The summed E-state index contributed by atoms with van der Waals surface area (Å²) in [5.74, 6) is -0.393. The molecule has 10 nitrogen and oxygen atoms in total. The lowest BCUT2D eigenvalue weighted by atomic mass is 10.1. The minimum atomic E-state index is -3.92. The maximum Gasteiger partial charge on any atom is 0.250 e. The first-order valence-corrected chi connectivity index (χ1v) is 15.7. The number of fused-ring (bicyclic) bond motifs is 1. The van der Waals surface area contributed by atoms with Crippen LogP contribution in [0.3, 0.4) is 0 Å². The van der Waals surface area contributed by atoms with Crippen molar-refractivity contribution in [2.24, 2.45) is 0 Å². The van der Waals surface area contributed by atoms with Crippen molar-refractivity contribution in [2.45, 2.75) is 35.9 Å². The molecule has 1 unspecified atom stereocenters. The van der Waals surface area contributed by atoms with Crippen molar-refractivity contribution in [1.82, 2.24) is 24.3 Å². The van der Waals surface area contributed by atoms with Gasteiger partial charge in [-0.1, -0.05) is 17.7 Å². The highest BCUT2D eigenvalue weighted by molar-refractivity contribution is 7.91. The summed E-state index contributed by atoms with van der Waals surface area (Å²) in [7, 11) is -3.92. The number of carbonyl (C=O) groups is 3. The molecular weight excluding hydrogens is 550 g/mol. The average molecular weight is 582 g/mol. The number of carbonyl (C=O) groups excluding carboxylic acids is 3. The number of sulfonamides is 1. The molecule has 0 aliphatic carbocycles. The van der Waals surface area contributed by atoms with Crippen molar-refractivity contribution in [3.05, 3.63) is 29.3 Å². The molecule has 2 aromatic rings. The quantitative estimate of drug-likeness (QED) is 0.532. The second-order valence-electron chi connectivity index (χ2n) is 10.1. The van der Waals surface area contributed by atoms with Gasteiger partial charge in [-0.15, -0.1) is 11.3 Å². The zero-order valence-corrected chi connectivity index (χ0v) is 23.5. The minimum Gasteiger partial charge on any atom is -0.342 e. The van der Waals surface area contributed by atoms with E-state index in [2.05, 4.69) is 9.62 Å². The number of rotatable bonds is 7. The number of amides is 3. The summed E-state index contributed by atoms with van der Waals surface area (Å²) in [5.41, 5.74) is 0. The molecule has 3 aliphatic rings.